The number of nitrogen functional groups attached to an aromatic ring is 1. The summed E-state index contributed by atoms with van der Waals surface area (Å²) in [5.41, 5.74) is 9.48. The molecule has 162 valence electrons. The van der Waals surface area contributed by atoms with Crippen molar-refractivity contribution in [1.29, 1.82) is 0 Å². The number of aryl methyl sites for hydroxylation is 1. The standard InChI is InChI=1S/C26H23FN2O2S/c1-17-14-19(8-12-24(17)31-2)25-13-11-23(32-25)16-29(22-5-3-4-20(27)15-22)26(30)18-6-9-21(28)10-7-18/h3-15H,16,28H2,1-2H3. The molecule has 3 aromatic carbocycles. The first-order valence-corrected chi connectivity index (χ1v) is 10.9. The zero-order chi connectivity index (χ0) is 22.7. The summed E-state index contributed by atoms with van der Waals surface area (Å²) in [6, 6.07) is 22.9. The van der Waals surface area contributed by atoms with E-state index in [1.54, 1.807) is 59.7 Å². The number of ether oxygens (including phenoxy) is 1. The third kappa shape index (κ3) is 4.65. The second-order valence-corrected chi connectivity index (χ2v) is 8.61. The van der Waals surface area contributed by atoms with Crippen molar-refractivity contribution in [3.8, 4) is 16.2 Å². The number of hydrogen-bond donors (Lipinski definition) is 1. The zero-order valence-electron chi connectivity index (χ0n) is 17.8. The third-order valence-electron chi connectivity index (χ3n) is 5.18. The van der Waals surface area contributed by atoms with E-state index in [9.17, 15) is 9.18 Å². The Hall–Kier alpha value is -3.64. The molecule has 4 nitrogen and oxygen atoms in total. The molecule has 0 saturated heterocycles. The molecule has 1 aromatic heterocycles. The maximum atomic E-state index is 13.9. The van der Waals surface area contributed by atoms with Gasteiger partial charge in [-0.25, -0.2) is 4.39 Å². The monoisotopic (exact) mass is 446 g/mol. The summed E-state index contributed by atoms with van der Waals surface area (Å²) in [6.07, 6.45) is 0. The molecular weight excluding hydrogens is 423 g/mol. The Labute approximate surface area is 190 Å². The summed E-state index contributed by atoms with van der Waals surface area (Å²) in [4.78, 5) is 17.0. The number of carbonyl (C=O) groups excluding carboxylic acids is 1. The molecule has 0 aliphatic carbocycles. The number of hydrogen-bond acceptors (Lipinski definition) is 4. The fourth-order valence-corrected chi connectivity index (χ4v) is 4.50. The molecule has 0 unspecified atom stereocenters. The van der Waals surface area contributed by atoms with Gasteiger partial charge in [-0.05, 0) is 90.8 Å². The molecule has 2 N–H and O–H groups in total. The Balaban J connectivity index is 1.65. The first-order chi connectivity index (χ1) is 15.4. The molecule has 32 heavy (non-hydrogen) atoms. The number of rotatable bonds is 6. The number of halogens is 1. The van der Waals surface area contributed by atoms with Crippen molar-refractivity contribution in [3.05, 3.63) is 101 Å². The third-order valence-corrected chi connectivity index (χ3v) is 6.30. The maximum Gasteiger partial charge on any atom is 0.258 e. The van der Waals surface area contributed by atoms with E-state index in [0.29, 0.717) is 23.5 Å². The summed E-state index contributed by atoms with van der Waals surface area (Å²) in [5.74, 6) is 0.237. The number of methoxy groups -OCH3 is 1. The normalized spacial score (nSPS) is 10.7. The van der Waals surface area contributed by atoms with E-state index in [-0.39, 0.29) is 5.91 Å². The van der Waals surface area contributed by atoms with Crippen molar-refractivity contribution in [2.75, 3.05) is 17.7 Å². The number of thiophene rings is 1. The van der Waals surface area contributed by atoms with E-state index in [1.165, 1.54) is 12.1 Å². The Morgan fingerprint density at radius 3 is 2.50 bits per heavy atom. The minimum Gasteiger partial charge on any atom is -0.496 e. The summed E-state index contributed by atoms with van der Waals surface area (Å²) in [5, 5.41) is 0. The minimum atomic E-state index is -0.391. The van der Waals surface area contributed by atoms with Crippen LogP contribution in [0.3, 0.4) is 0 Å². The lowest BCUT2D eigenvalue weighted by Crippen LogP contribution is -2.30. The summed E-state index contributed by atoms with van der Waals surface area (Å²) >= 11 is 1.60. The fourth-order valence-electron chi connectivity index (χ4n) is 3.51. The second kappa shape index (κ2) is 9.24. The molecule has 0 bridgehead atoms. The number of nitrogens with zero attached hydrogens (tertiary/aromatic N) is 1. The van der Waals surface area contributed by atoms with Crippen LogP contribution in [0.2, 0.25) is 0 Å². The number of benzene rings is 3. The van der Waals surface area contributed by atoms with Gasteiger partial charge in [0.1, 0.15) is 11.6 Å². The second-order valence-electron chi connectivity index (χ2n) is 7.44. The highest BCUT2D eigenvalue weighted by atomic mass is 32.1. The first kappa shape index (κ1) is 21.6. The Bertz CT molecular complexity index is 1250. The van der Waals surface area contributed by atoms with Gasteiger partial charge in [0.15, 0.2) is 0 Å². The van der Waals surface area contributed by atoms with Gasteiger partial charge in [0.05, 0.1) is 13.7 Å². The van der Waals surface area contributed by atoms with Crippen LogP contribution < -0.4 is 15.4 Å². The zero-order valence-corrected chi connectivity index (χ0v) is 18.7. The quantitative estimate of drug-likeness (QED) is 0.354. The van der Waals surface area contributed by atoms with Gasteiger partial charge in [0, 0.05) is 26.7 Å². The minimum absolute atomic E-state index is 0.217. The molecule has 0 saturated carbocycles. The van der Waals surface area contributed by atoms with Crippen LogP contribution >= 0.6 is 11.3 Å². The van der Waals surface area contributed by atoms with Crippen molar-refractivity contribution in [2.24, 2.45) is 0 Å². The van der Waals surface area contributed by atoms with E-state index in [4.69, 9.17) is 10.5 Å². The van der Waals surface area contributed by atoms with Crippen molar-refractivity contribution in [3.63, 3.8) is 0 Å². The highest BCUT2D eigenvalue weighted by Crippen LogP contribution is 2.33. The molecule has 4 aromatic rings. The van der Waals surface area contributed by atoms with Gasteiger partial charge in [0.25, 0.3) is 5.91 Å². The molecule has 1 heterocycles. The van der Waals surface area contributed by atoms with Gasteiger partial charge >= 0.3 is 0 Å². The van der Waals surface area contributed by atoms with Gasteiger partial charge in [-0.3, -0.25) is 4.79 Å². The highest BCUT2D eigenvalue weighted by Gasteiger charge is 2.20. The molecular formula is C26H23FN2O2S. The maximum absolute atomic E-state index is 13.9. The number of carbonyl (C=O) groups is 1. The number of anilines is 2. The van der Waals surface area contributed by atoms with E-state index in [1.807, 2.05) is 31.2 Å². The molecule has 1 amide bonds. The smallest absolute Gasteiger partial charge is 0.258 e. The highest BCUT2D eigenvalue weighted by molar-refractivity contribution is 7.15. The molecule has 4 rings (SSSR count). The lowest BCUT2D eigenvalue weighted by Gasteiger charge is -2.22. The Kier molecular flexibility index (Phi) is 6.23. The first-order valence-electron chi connectivity index (χ1n) is 10.1. The van der Waals surface area contributed by atoms with Gasteiger partial charge < -0.3 is 15.4 Å². The van der Waals surface area contributed by atoms with E-state index >= 15 is 0 Å². The van der Waals surface area contributed by atoms with Crippen LogP contribution in [0.1, 0.15) is 20.8 Å². The molecule has 0 aliphatic heterocycles. The molecule has 0 atom stereocenters. The van der Waals surface area contributed by atoms with E-state index < -0.39 is 5.82 Å². The summed E-state index contributed by atoms with van der Waals surface area (Å²) in [6.45, 7) is 2.33. The van der Waals surface area contributed by atoms with Gasteiger partial charge in [-0.1, -0.05) is 6.07 Å². The Morgan fingerprint density at radius 1 is 1.03 bits per heavy atom. The van der Waals surface area contributed by atoms with Crippen LogP contribution in [-0.2, 0) is 6.54 Å². The predicted octanol–water partition coefficient (Wildman–Crippen LogP) is 6.30. The van der Waals surface area contributed by atoms with Crippen LogP contribution in [0.4, 0.5) is 15.8 Å². The fraction of sp³-hybridized carbons (Fsp3) is 0.115. The van der Waals surface area contributed by atoms with Crippen molar-refractivity contribution < 1.29 is 13.9 Å². The van der Waals surface area contributed by atoms with Crippen LogP contribution in [0, 0.1) is 12.7 Å². The molecule has 0 radical (unpaired) electrons. The van der Waals surface area contributed by atoms with E-state index in [2.05, 4.69) is 6.07 Å². The van der Waals surface area contributed by atoms with Crippen molar-refractivity contribution in [1.82, 2.24) is 0 Å². The molecule has 6 heteroatoms. The SMILES string of the molecule is COc1ccc(-c2ccc(CN(C(=O)c3ccc(N)cc3)c3cccc(F)c3)s2)cc1C. The molecule has 0 fully saturated rings. The average molecular weight is 447 g/mol. The van der Waals surface area contributed by atoms with E-state index in [0.717, 1.165) is 26.6 Å². The van der Waals surface area contributed by atoms with Crippen LogP contribution in [0.5, 0.6) is 5.75 Å². The number of amides is 1. The summed E-state index contributed by atoms with van der Waals surface area (Å²) < 4.78 is 19.3. The predicted molar refractivity (Wildman–Crippen MR) is 129 cm³/mol. The lowest BCUT2D eigenvalue weighted by atomic mass is 10.1. The molecule has 0 aliphatic rings. The van der Waals surface area contributed by atoms with Gasteiger partial charge in [-0.2, -0.15) is 0 Å². The average Bonchev–Trinajstić information content (AvgIpc) is 3.26. The Morgan fingerprint density at radius 2 is 1.81 bits per heavy atom. The number of nitrogens with two attached hydrogens (primary N) is 1. The largest absolute Gasteiger partial charge is 0.496 e. The van der Waals surface area contributed by atoms with Gasteiger partial charge in [-0.15, -0.1) is 11.3 Å². The van der Waals surface area contributed by atoms with Gasteiger partial charge in [0.2, 0.25) is 0 Å². The molecule has 0 spiro atoms. The van der Waals surface area contributed by atoms with Crippen LogP contribution in [0.15, 0.2) is 78.9 Å². The summed E-state index contributed by atoms with van der Waals surface area (Å²) in [7, 11) is 1.66. The van der Waals surface area contributed by atoms with Crippen LogP contribution in [-0.4, -0.2) is 13.0 Å². The van der Waals surface area contributed by atoms with Crippen molar-refractivity contribution in [2.45, 2.75) is 13.5 Å². The lowest BCUT2D eigenvalue weighted by molar-refractivity contribution is 0.0985. The topological polar surface area (TPSA) is 55.6 Å². The van der Waals surface area contributed by atoms with Crippen molar-refractivity contribution >= 4 is 28.6 Å². The van der Waals surface area contributed by atoms with Crippen LogP contribution in [0.25, 0.3) is 10.4 Å².